The van der Waals surface area contributed by atoms with Gasteiger partial charge in [-0.05, 0) is 55.0 Å². The normalized spacial score (nSPS) is 11.7. The minimum absolute atomic E-state index is 0.180. The van der Waals surface area contributed by atoms with Gasteiger partial charge in [0, 0.05) is 26.8 Å². The van der Waals surface area contributed by atoms with E-state index in [-0.39, 0.29) is 5.76 Å². The molecule has 1 aromatic heterocycles. The first kappa shape index (κ1) is 20.5. The molecule has 0 amide bonds. The fourth-order valence-electron chi connectivity index (χ4n) is 2.77. The Morgan fingerprint density at radius 2 is 1.82 bits per heavy atom. The number of hydrogen-bond donors (Lipinski definition) is 1. The summed E-state index contributed by atoms with van der Waals surface area (Å²) in [6.45, 7) is 3.87. The second-order valence-electron chi connectivity index (χ2n) is 6.31. The van der Waals surface area contributed by atoms with Crippen LogP contribution in [0, 0.1) is 13.8 Å². The zero-order valence-electron chi connectivity index (χ0n) is 15.4. The quantitative estimate of drug-likeness (QED) is 0.247. The molecule has 1 heterocycles. The molecule has 0 fully saturated rings. The number of halogens is 2. The molecule has 0 atom stereocenters. The summed E-state index contributed by atoms with van der Waals surface area (Å²) in [5.41, 5.74) is 3.56. The van der Waals surface area contributed by atoms with Crippen molar-refractivity contribution in [3.63, 3.8) is 0 Å². The number of pyridine rings is 1. The van der Waals surface area contributed by atoms with Gasteiger partial charge in [-0.1, -0.05) is 64.0 Å². The third kappa shape index (κ3) is 4.43. The van der Waals surface area contributed by atoms with Crippen molar-refractivity contribution in [2.75, 3.05) is 5.32 Å². The van der Waals surface area contributed by atoms with Gasteiger partial charge in [0.15, 0.2) is 17.4 Å². The Morgan fingerprint density at radius 1 is 1.07 bits per heavy atom. The van der Waals surface area contributed by atoms with Crippen LogP contribution in [-0.4, -0.2) is 4.99 Å². The summed E-state index contributed by atoms with van der Waals surface area (Å²) in [5, 5.41) is 17.2. The largest absolute Gasteiger partial charge is 0.867 e. The average molecular weight is 474 g/mol. The number of thiocarbonyl (C=S) groups is 1. The maximum absolute atomic E-state index is 13.4. The van der Waals surface area contributed by atoms with Crippen molar-refractivity contribution in [2.24, 2.45) is 0 Å². The first-order valence-electron chi connectivity index (χ1n) is 8.59. The van der Waals surface area contributed by atoms with Crippen LogP contribution in [0.25, 0.3) is 11.5 Å². The zero-order valence-corrected chi connectivity index (χ0v) is 18.5. The van der Waals surface area contributed by atoms with Gasteiger partial charge in [-0.3, -0.25) is 0 Å². The van der Waals surface area contributed by atoms with E-state index in [9.17, 15) is 5.11 Å². The monoisotopic (exact) mass is 472 g/mol. The van der Waals surface area contributed by atoms with Gasteiger partial charge in [-0.25, -0.2) is 0 Å². The Morgan fingerprint density at radius 3 is 2.54 bits per heavy atom. The number of nitrogens with one attached hydrogen (secondary N) is 1. The van der Waals surface area contributed by atoms with Crippen molar-refractivity contribution in [1.29, 1.82) is 0 Å². The van der Waals surface area contributed by atoms with Crippen LogP contribution in [0.1, 0.15) is 16.7 Å². The highest BCUT2D eigenvalue weighted by Crippen LogP contribution is 2.26. The summed E-state index contributed by atoms with van der Waals surface area (Å²) in [5.74, 6) is -0.180. The fraction of sp³-hybridized carbons (Fsp3) is 0.0909. The number of benzene rings is 2. The molecule has 0 unspecified atom stereocenters. The van der Waals surface area contributed by atoms with Crippen molar-refractivity contribution in [3.8, 4) is 0 Å². The van der Waals surface area contributed by atoms with E-state index in [0.717, 1.165) is 16.8 Å². The number of anilines is 1. The molecule has 0 spiro atoms. The topological polar surface area (TPSA) is 39.0 Å². The van der Waals surface area contributed by atoms with E-state index < -0.39 is 0 Å². The molecule has 3 nitrogen and oxygen atoms in total. The van der Waals surface area contributed by atoms with Gasteiger partial charge in [0.1, 0.15) is 0 Å². The third-order valence-electron chi connectivity index (χ3n) is 4.27. The van der Waals surface area contributed by atoms with E-state index >= 15 is 0 Å². The van der Waals surface area contributed by atoms with Crippen LogP contribution in [0.2, 0.25) is 5.02 Å². The summed E-state index contributed by atoms with van der Waals surface area (Å²) in [6, 6.07) is 16.7. The molecule has 0 saturated carbocycles. The Labute approximate surface area is 183 Å². The summed E-state index contributed by atoms with van der Waals surface area (Å²) in [7, 11) is 0. The molecule has 0 saturated heterocycles. The molecule has 0 aliphatic carbocycles. The molecule has 28 heavy (non-hydrogen) atoms. The van der Waals surface area contributed by atoms with Gasteiger partial charge >= 0.3 is 0 Å². The van der Waals surface area contributed by atoms with Crippen LogP contribution < -0.4 is 15.0 Å². The molecule has 2 aromatic carbocycles. The van der Waals surface area contributed by atoms with E-state index in [1.54, 1.807) is 10.6 Å². The zero-order chi connectivity index (χ0) is 20.3. The standard InChI is InChI=1S/C22H18BrClN2OS/c1-14-7-6-12-26(13-14)20(21(27)16-8-3-4-9-17(16)23)22(28)25-19-11-5-10-18(24)15(19)2/h3-13H,1-2H3,(H-,25,27,28). The van der Waals surface area contributed by atoms with Gasteiger partial charge in [0.2, 0.25) is 5.70 Å². The van der Waals surface area contributed by atoms with Gasteiger partial charge in [-0.2, -0.15) is 4.57 Å². The van der Waals surface area contributed by atoms with Crippen LogP contribution in [-0.2, 0) is 0 Å². The number of rotatable bonds is 4. The van der Waals surface area contributed by atoms with Crippen LogP contribution in [0.5, 0.6) is 0 Å². The van der Waals surface area contributed by atoms with Gasteiger partial charge in [0.25, 0.3) is 0 Å². The number of hydrogen-bond acceptors (Lipinski definition) is 2. The maximum atomic E-state index is 13.4. The smallest absolute Gasteiger partial charge is 0.238 e. The van der Waals surface area contributed by atoms with Crippen molar-refractivity contribution in [1.82, 2.24) is 0 Å². The molecule has 6 heteroatoms. The Kier molecular flexibility index (Phi) is 6.50. The number of aromatic nitrogens is 1. The highest BCUT2D eigenvalue weighted by molar-refractivity contribution is 9.10. The fourth-order valence-corrected chi connectivity index (χ4v) is 3.71. The van der Waals surface area contributed by atoms with E-state index in [1.165, 1.54) is 0 Å². The van der Waals surface area contributed by atoms with Crippen molar-refractivity contribution >= 4 is 61.9 Å². The summed E-state index contributed by atoms with van der Waals surface area (Å²) >= 11 is 15.3. The molecule has 0 radical (unpaired) electrons. The molecule has 1 N–H and O–H groups in total. The lowest BCUT2D eigenvalue weighted by molar-refractivity contribution is -0.578. The first-order valence-corrected chi connectivity index (χ1v) is 10.2. The Bertz CT molecular complexity index is 1080. The van der Waals surface area contributed by atoms with Crippen molar-refractivity contribution in [2.45, 2.75) is 13.8 Å². The third-order valence-corrected chi connectivity index (χ3v) is 5.67. The molecule has 142 valence electrons. The predicted octanol–water partition coefficient (Wildman–Crippen LogP) is 5.13. The van der Waals surface area contributed by atoms with Gasteiger partial charge in [-0.15, -0.1) is 0 Å². The number of nitrogens with zero attached hydrogens (tertiary/aromatic N) is 1. The van der Waals surface area contributed by atoms with Gasteiger partial charge in [0.05, 0.1) is 0 Å². The van der Waals surface area contributed by atoms with Crippen LogP contribution >= 0.6 is 39.7 Å². The minimum Gasteiger partial charge on any atom is -0.867 e. The van der Waals surface area contributed by atoms with E-state index in [2.05, 4.69) is 21.2 Å². The molecular formula is C22H18BrClN2OS. The van der Waals surface area contributed by atoms with Gasteiger partial charge < -0.3 is 10.4 Å². The summed E-state index contributed by atoms with van der Waals surface area (Å²) in [4.78, 5) is 0.321. The van der Waals surface area contributed by atoms with Crippen molar-refractivity contribution in [3.05, 3.63) is 93.2 Å². The van der Waals surface area contributed by atoms with E-state index in [0.29, 0.717) is 25.7 Å². The molecule has 0 aliphatic heterocycles. The summed E-state index contributed by atoms with van der Waals surface area (Å²) in [6.07, 6.45) is 3.69. The molecule has 3 aromatic rings. The lowest BCUT2D eigenvalue weighted by Crippen LogP contribution is -2.40. The minimum atomic E-state index is -0.180. The predicted molar refractivity (Wildman–Crippen MR) is 121 cm³/mol. The average Bonchev–Trinajstić information content (AvgIpc) is 2.66. The molecule has 3 rings (SSSR count). The number of aryl methyl sites for hydroxylation is 1. The van der Waals surface area contributed by atoms with Crippen LogP contribution in [0.3, 0.4) is 0 Å². The maximum Gasteiger partial charge on any atom is 0.238 e. The highest BCUT2D eigenvalue weighted by atomic mass is 79.9. The second kappa shape index (κ2) is 8.86. The second-order valence-corrected chi connectivity index (χ2v) is 7.98. The first-order chi connectivity index (χ1) is 13.4. The Balaban J connectivity index is 2.14. The van der Waals surface area contributed by atoms with E-state index in [1.807, 2.05) is 74.8 Å². The Hall–Kier alpha value is -2.21. The molecule has 0 aliphatic rings. The molecule has 0 bridgehead atoms. The van der Waals surface area contributed by atoms with E-state index in [4.69, 9.17) is 23.8 Å². The SMILES string of the molecule is Cc1ccc[n+](/C(C(=S)Nc2cccc(Cl)c2C)=C(/[O-])c2ccccc2Br)c1. The van der Waals surface area contributed by atoms with Crippen LogP contribution in [0.15, 0.2) is 71.5 Å². The van der Waals surface area contributed by atoms with Crippen molar-refractivity contribution < 1.29 is 9.67 Å². The van der Waals surface area contributed by atoms with Crippen LogP contribution in [0.4, 0.5) is 5.69 Å². The lowest BCUT2D eigenvalue weighted by Gasteiger charge is -2.19. The lowest BCUT2D eigenvalue weighted by atomic mass is 10.1. The molecular weight excluding hydrogens is 456 g/mol. The summed E-state index contributed by atoms with van der Waals surface area (Å²) < 4.78 is 2.47. The highest BCUT2D eigenvalue weighted by Gasteiger charge is 2.20.